The van der Waals surface area contributed by atoms with Crippen LogP contribution in [0.4, 0.5) is 10.5 Å². The third-order valence-electron chi connectivity index (χ3n) is 7.77. The number of ether oxygens (including phenoxy) is 1. The molecule has 9 heteroatoms. The Hall–Kier alpha value is -3.59. The number of nitrogens with zero attached hydrogens (tertiary/aromatic N) is 3. The van der Waals surface area contributed by atoms with Crippen LogP contribution >= 0.6 is 0 Å². The van der Waals surface area contributed by atoms with Gasteiger partial charge in [0.15, 0.2) is 0 Å². The number of likely N-dealkylation sites (tertiary alicyclic amines) is 1. The van der Waals surface area contributed by atoms with E-state index in [0.29, 0.717) is 38.0 Å². The van der Waals surface area contributed by atoms with Gasteiger partial charge in [0.1, 0.15) is 5.75 Å². The van der Waals surface area contributed by atoms with Gasteiger partial charge >= 0.3 is 6.03 Å². The van der Waals surface area contributed by atoms with Crippen molar-refractivity contribution in [3.8, 4) is 5.75 Å². The van der Waals surface area contributed by atoms with E-state index in [4.69, 9.17) is 4.74 Å². The molecule has 196 valence electrons. The van der Waals surface area contributed by atoms with Gasteiger partial charge in [-0.1, -0.05) is 6.07 Å². The molecule has 3 aliphatic heterocycles. The van der Waals surface area contributed by atoms with Crippen LogP contribution in [0.2, 0.25) is 0 Å². The number of hydrogen-bond donors (Lipinski definition) is 2. The van der Waals surface area contributed by atoms with Crippen LogP contribution < -0.4 is 15.4 Å². The molecule has 2 N–H and O–H groups in total. The largest absolute Gasteiger partial charge is 0.497 e. The maximum Gasteiger partial charge on any atom is 0.322 e. The topological polar surface area (TPSA) is 94.2 Å². The number of benzene rings is 2. The molecule has 0 aliphatic carbocycles. The fourth-order valence-corrected chi connectivity index (χ4v) is 5.54. The summed E-state index contributed by atoms with van der Waals surface area (Å²) in [6.07, 6.45) is 3.16. The minimum atomic E-state index is -0.225. The zero-order valence-corrected chi connectivity index (χ0v) is 21.6. The molecule has 0 bridgehead atoms. The molecule has 1 saturated heterocycles. The number of carbonyl (C=O) groups is 3. The summed E-state index contributed by atoms with van der Waals surface area (Å²) in [6.45, 7) is 3.58. The number of likely N-dealkylation sites (N-methyl/N-ethyl adjacent to an activating group) is 1. The fourth-order valence-electron chi connectivity index (χ4n) is 5.54. The first-order chi connectivity index (χ1) is 17.9. The minimum absolute atomic E-state index is 0.0260. The van der Waals surface area contributed by atoms with Gasteiger partial charge in [-0.3, -0.25) is 9.59 Å². The van der Waals surface area contributed by atoms with Crippen molar-refractivity contribution >= 4 is 23.5 Å². The van der Waals surface area contributed by atoms with E-state index in [1.54, 1.807) is 12.0 Å². The van der Waals surface area contributed by atoms with Gasteiger partial charge in [0.05, 0.1) is 13.7 Å². The monoisotopic (exact) mass is 505 g/mol. The predicted molar refractivity (Wildman–Crippen MR) is 141 cm³/mol. The van der Waals surface area contributed by atoms with Crippen LogP contribution in [0, 0.1) is 0 Å². The molecule has 9 nitrogen and oxygen atoms in total. The molecule has 4 amide bonds. The van der Waals surface area contributed by atoms with Crippen molar-refractivity contribution in [2.75, 3.05) is 52.2 Å². The average Bonchev–Trinajstić information content (AvgIpc) is 3.08. The van der Waals surface area contributed by atoms with Crippen LogP contribution in [0.25, 0.3) is 0 Å². The third-order valence-corrected chi connectivity index (χ3v) is 7.77. The molecular formula is C28H35N5O4. The Labute approximate surface area is 217 Å². The lowest BCUT2D eigenvalue weighted by atomic mass is 9.97. The van der Waals surface area contributed by atoms with Crippen molar-refractivity contribution in [2.24, 2.45) is 0 Å². The van der Waals surface area contributed by atoms with E-state index in [9.17, 15) is 14.4 Å². The Morgan fingerprint density at radius 3 is 2.57 bits per heavy atom. The van der Waals surface area contributed by atoms with Crippen molar-refractivity contribution in [1.82, 2.24) is 20.0 Å². The number of urea groups is 1. The van der Waals surface area contributed by atoms with E-state index in [0.717, 1.165) is 42.9 Å². The first-order valence-corrected chi connectivity index (χ1v) is 13.0. The molecule has 5 rings (SSSR count). The van der Waals surface area contributed by atoms with Crippen LogP contribution in [0.1, 0.15) is 39.9 Å². The van der Waals surface area contributed by atoms with Crippen molar-refractivity contribution < 1.29 is 19.1 Å². The summed E-state index contributed by atoms with van der Waals surface area (Å²) in [5.41, 5.74) is 4.93. The number of anilines is 1. The molecule has 0 aromatic heterocycles. The molecular weight excluding hydrogens is 470 g/mol. The highest BCUT2D eigenvalue weighted by Crippen LogP contribution is 2.27. The molecule has 2 aromatic carbocycles. The first-order valence-electron chi connectivity index (χ1n) is 13.0. The Balaban J connectivity index is 1.11. The maximum absolute atomic E-state index is 12.9. The summed E-state index contributed by atoms with van der Waals surface area (Å²) < 4.78 is 5.32. The number of methoxy groups -OCH3 is 1. The van der Waals surface area contributed by atoms with Gasteiger partial charge in [-0.25, -0.2) is 4.79 Å². The molecule has 0 saturated carbocycles. The highest BCUT2D eigenvalue weighted by atomic mass is 16.5. The molecule has 0 radical (unpaired) electrons. The standard InChI is InChI=1S/C28H35N5O4/c1-31-11-7-19-3-4-21(15-22(19)18-31)27(35)29-17-26(34)32-12-9-23(10-13-32)33-14-8-20-16-24(37-2)5-6-25(20)30-28(33)36/h3-6,15-16,23H,7-14,17-18H2,1-2H3,(H,29,35)(H,30,36). The summed E-state index contributed by atoms with van der Waals surface area (Å²) in [6, 6.07) is 11.5. The molecule has 3 aliphatic rings. The van der Waals surface area contributed by atoms with Gasteiger partial charge in [0.2, 0.25) is 5.91 Å². The molecule has 0 unspecified atom stereocenters. The van der Waals surface area contributed by atoms with E-state index < -0.39 is 0 Å². The summed E-state index contributed by atoms with van der Waals surface area (Å²) >= 11 is 0. The van der Waals surface area contributed by atoms with E-state index in [-0.39, 0.29) is 30.4 Å². The van der Waals surface area contributed by atoms with Gasteiger partial charge in [0.25, 0.3) is 5.91 Å². The summed E-state index contributed by atoms with van der Waals surface area (Å²) in [5, 5.41) is 5.82. The van der Waals surface area contributed by atoms with Gasteiger partial charge in [-0.15, -0.1) is 0 Å². The summed E-state index contributed by atoms with van der Waals surface area (Å²) in [4.78, 5) is 44.4. The minimum Gasteiger partial charge on any atom is -0.497 e. The number of hydrogen-bond acceptors (Lipinski definition) is 5. The highest BCUT2D eigenvalue weighted by Gasteiger charge is 2.31. The number of piperidine rings is 1. The van der Waals surface area contributed by atoms with Crippen LogP contribution in [-0.4, -0.2) is 85.5 Å². The number of nitrogens with one attached hydrogen (secondary N) is 2. The van der Waals surface area contributed by atoms with Gasteiger partial charge in [0, 0.05) is 50.0 Å². The Kier molecular flexibility index (Phi) is 7.32. The van der Waals surface area contributed by atoms with Crippen LogP contribution in [0.5, 0.6) is 5.75 Å². The Bertz CT molecular complexity index is 1190. The lowest BCUT2D eigenvalue weighted by molar-refractivity contribution is -0.131. The summed E-state index contributed by atoms with van der Waals surface area (Å²) in [7, 11) is 3.71. The molecule has 3 heterocycles. The quantitative estimate of drug-likeness (QED) is 0.651. The fraction of sp³-hybridized carbons (Fsp3) is 0.464. The smallest absolute Gasteiger partial charge is 0.322 e. The molecule has 2 aromatic rings. The Morgan fingerprint density at radius 1 is 1.00 bits per heavy atom. The normalized spacial score (nSPS) is 18.4. The third kappa shape index (κ3) is 5.56. The first kappa shape index (κ1) is 25.1. The number of amides is 4. The number of fused-ring (bicyclic) bond motifs is 2. The summed E-state index contributed by atoms with van der Waals surface area (Å²) in [5.74, 6) is 0.459. The van der Waals surface area contributed by atoms with Crippen molar-refractivity contribution in [1.29, 1.82) is 0 Å². The SMILES string of the molecule is COc1ccc2c(c1)CCN(C1CCN(C(=O)CNC(=O)c3ccc4c(c3)CN(C)CC4)CC1)C(=O)N2. The van der Waals surface area contributed by atoms with Crippen molar-refractivity contribution in [2.45, 2.75) is 38.3 Å². The van der Waals surface area contributed by atoms with Crippen LogP contribution in [0.3, 0.4) is 0 Å². The molecule has 1 fully saturated rings. The lowest BCUT2D eigenvalue weighted by Crippen LogP contribution is -2.51. The second kappa shape index (κ2) is 10.8. The van der Waals surface area contributed by atoms with E-state index in [2.05, 4.69) is 22.6 Å². The van der Waals surface area contributed by atoms with Crippen molar-refractivity contribution in [3.05, 3.63) is 58.7 Å². The van der Waals surface area contributed by atoms with Gasteiger partial charge in [-0.2, -0.15) is 0 Å². The molecule has 0 atom stereocenters. The van der Waals surface area contributed by atoms with Crippen molar-refractivity contribution in [3.63, 3.8) is 0 Å². The average molecular weight is 506 g/mol. The molecule has 0 spiro atoms. The van der Waals surface area contributed by atoms with Crippen LogP contribution in [-0.2, 0) is 24.2 Å². The van der Waals surface area contributed by atoms with Crippen LogP contribution in [0.15, 0.2) is 36.4 Å². The van der Waals surface area contributed by atoms with E-state index >= 15 is 0 Å². The van der Waals surface area contributed by atoms with E-state index in [1.165, 1.54) is 11.1 Å². The van der Waals surface area contributed by atoms with Gasteiger partial charge < -0.3 is 30.1 Å². The second-order valence-electron chi connectivity index (χ2n) is 10.2. The number of carbonyl (C=O) groups excluding carboxylic acids is 3. The highest BCUT2D eigenvalue weighted by molar-refractivity contribution is 5.96. The predicted octanol–water partition coefficient (Wildman–Crippen LogP) is 2.49. The number of rotatable bonds is 5. The zero-order valence-electron chi connectivity index (χ0n) is 21.6. The zero-order chi connectivity index (χ0) is 25.9. The maximum atomic E-state index is 12.9. The Morgan fingerprint density at radius 2 is 1.78 bits per heavy atom. The van der Waals surface area contributed by atoms with Gasteiger partial charge in [-0.05, 0) is 79.8 Å². The lowest BCUT2D eigenvalue weighted by Gasteiger charge is -2.38. The molecule has 37 heavy (non-hydrogen) atoms. The van der Waals surface area contributed by atoms with E-state index in [1.807, 2.05) is 41.3 Å². The second-order valence-corrected chi connectivity index (χ2v) is 10.2.